The molecule has 1 aromatic carbocycles. The van der Waals surface area contributed by atoms with Crippen LogP contribution < -0.4 is 0 Å². The summed E-state index contributed by atoms with van der Waals surface area (Å²) >= 11 is 5.51. The highest BCUT2D eigenvalue weighted by molar-refractivity contribution is 6.19. The second-order valence-electron chi connectivity index (χ2n) is 3.35. The molecule has 0 radical (unpaired) electrons. The number of Topliss-reactive ketones (excluding diaryl/α,β-unsaturated/α-hetero) is 1. The lowest BCUT2D eigenvalue weighted by molar-refractivity contribution is 0.0989. The van der Waals surface area contributed by atoms with Crippen LogP contribution in [0.3, 0.4) is 0 Å². The van der Waals surface area contributed by atoms with Crippen molar-refractivity contribution in [1.82, 2.24) is 0 Å². The largest absolute Gasteiger partial charge is 0.294 e. The topological polar surface area (TPSA) is 17.1 Å². The molecule has 0 bridgehead atoms. The first-order valence-electron chi connectivity index (χ1n) is 4.52. The quantitative estimate of drug-likeness (QED) is 0.534. The molecule has 0 N–H and O–H groups in total. The monoisotopic (exact) mass is 194 g/mol. The van der Waals surface area contributed by atoms with Crippen LogP contribution in [-0.2, 0) is 12.8 Å². The molecule has 2 rings (SSSR count). The number of fused-ring (bicyclic) bond motifs is 1. The van der Waals surface area contributed by atoms with Crippen molar-refractivity contribution in [1.29, 1.82) is 0 Å². The molecule has 1 aliphatic carbocycles. The number of halogens is 1. The van der Waals surface area contributed by atoms with Gasteiger partial charge in [-0.3, -0.25) is 4.79 Å². The van der Waals surface area contributed by atoms with Gasteiger partial charge in [0.1, 0.15) is 0 Å². The summed E-state index contributed by atoms with van der Waals surface area (Å²) < 4.78 is 0. The van der Waals surface area contributed by atoms with Gasteiger partial charge < -0.3 is 0 Å². The third-order valence-electron chi connectivity index (χ3n) is 2.51. The van der Waals surface area contributed by atoms with E-state index in [9.17, 15) is 4.79 Å². The molecular formula is C11H11ClO. The SMILES string of the molecule is O=C(CCCl)c1ccc2c(c1)CC2. The van der Waals surface area contributed by atoms with E-state index in [0.29, 0.717) is 12.3 Å². The minimum atomic E-state index is 0.157. The number of benzene rings is 1. The average molecular weight is 195 g/mol. The number of aryl methyl sites for hydroxylation is 2. The lowest BCUT2D eigenvalue weighted by Crippen LogP contribution is -2.10. The first-order valence-corrected chi connectivity index (χ1v) is 5.05. The molecule has 68 valence electrons. The van der Waals surface area contributed by atoms with Crippen LogP contribution in [0.25, 0.3) is 0 Å². The van der Waals surface area contributed by atoms with Crippen LogP contribution in [0.1, 0.15) is 27.9 Å². The van der Waals surface area contributed by atoms with Crippen molar-refractivity contribution in [2.75, 3.05) is 5.88 Å². The van der Waals surface area contributed by atoms with Crippen molar-refractivity contribution in [3.05, 3.63) is 34.9 Å². The van der Waals surface area contributed by atoms with E-state index < -0.39 is 0 Å². The van der Waals surface area contributed by atoms with Gasteiger partial charge in [0.15, 0.2) is 5.78 Å². The summed E-state index contributed by atoms with van der Waals surface area (Å²) in [5.74, 6) is 0.570. The molecule has 0 saturated carbocycles. The number of rotatable bonds is 3. The Morgan fingerprint density at radius 1 is 1.31 bits per heavy atom. The summed E-state index contributed by atoms with van der Waals surface area (Å²) in [7, 11) is 0. The number of carbonyl (C=O) groups excluding carboxylic acids is 1. The lowest BCUT2D eigenvalue weighted by Gasteiger charge is -2.18. The van der Waals surface area contributed by atoms with Gasteiger partial charge in [-0.15, -0.1) is 11.6 Å². The van der Waals surface area contributed by atoms with Gasteiger partial charge in [0.2, 0.25) is 0 Å². The summed E-state index contributed by atoms with van der Waals surface area (Å²) in [5.41, 5.74) is 3.54. The Bertz CT molecular complexity index is 344. The molecule has 0 spiro atoms. The van der Waals surface area contributed by atoms with Gasteiger partial charge in [-0.2, -0.15) is 0 Å². The Labute approximate surface area is 82.7 Å². The standard InChI is InChI=1S/C11H11ClO/c12-6-5-11(13)10-4-2-8-1-3-9(8)7-10/h2,4,7H,1,3,5-6H2. The Kier molecular flexibility index (Phi) is 2.36. The van der Waals surface area contributed by atoms with Gasteiger partial charge in [0, 0.05) is 17.9 Å². The number of hydrogen-bond donors (Lipinski definition) is 0. The minimum Gasteiger partial charge on any atom is -0.294 e. The second-order valence-corrected chi connectivity index (χ2v) is 3.72. The van der Waals surface area contributed by atoms with Crippen molar-refractivity contribution in [3.63, 3.8) is 0 Å². The summed E-state index contributed by atoms with van der Waals surface area (Å²) in [6.07, 6.45) is 2.73. The zero-order valence-corrected chi connectivity index (χ0v) is 8.10. The molecule has 2 heteroatoms. The third-order valence-corrected chi connectivity index (χ3v) is 2.70. The van der Waals surface area contributed by atoms with Crippen LogP contribution in [-0.4, -0.2) is 11.7 Å². The maximum Gasteiger partial charge on any atom is 0.164 e. The van der Waals surface area contributed by atoms with Crippen LogP contribution in [0.15, 0.2) is 18.2 Å². The Balaban J connectivity index is 2.21. The Morgan fingerprint density at radius 2 is 2.08 bits per heavy atom. The predicted octanol–water partition coefficient (Wildman–Crippen LogP) is 2.60. The van der Waals surface area contributed by atoms with Crippen LogP contribution >= 0.6 is 11.6 Å². The molecule has 1 aromatic rings. The number of ketones is 1. The molecule has 0 atom stereocenters. The maximum absolute atomic E-state index is 11.4. The minimum absolute atomic E-state index is 0.157. The highest BCUT2D eigenvalue weighted by Crippen LogP contribution is 2.24. The van der Waals surface area contributed by atoms with Crippen LogP contribution in [0.5, 0.6) is 0 Å². The smallest absolute Gasteiger partial charge is 0.164 e. The molecule has 0 unspecified atom stereocenters. The van der Waals surface area contributed by atoms with Gasteiger partial charge >= 0.3 is 0 Å². The summed E-state index contributed by atoms with van der Waals surface area (Å²) in [6.45, 7) is 0. The maximum atomic E-state index is 11.4. The number of alkyl halides is 1. The van der Waals surface area contributed by atoms with Crippen molar-refractivity contribution in [3.8, 4) is 0 Å². The van der Waals surface area contributed by atoms with E-state index in [1.807, 2.05) is 12.1 Å². The van der Waals surface area contributed by atoms with Crippen LogP contribution in [0.4, 0.5) is 0 Å². The molecule has 0 aliphatic heterocycles. The fourth-order valence-electron chi connectivity index (χ4n) is 1.60. The molecule has 13 heavy (non-hydrogen) atoms. The Morgan fingerprint density at radius 3 is 2.62 bits per heavy atom. The predicted molar refractivity (Wildman–Crippen MR) is 53.5 cm³/mol. The normalized spacial score (nSPS) is 13.3. The second kappa shape index (κ2) is 3.51. The summed E-state index contributed by atoms with van der Waals surface area (Å²) in [4.78, 5) is 11.4. The van der Waals surface area contributed by atoms with Crippen LogP contribution in [0.2, 0.25) is 0 Å². The van der Waals surface area contributed by atoms with Gasteiger partial charge in [0.25, 0.3) is 0 Å². The first kappa shape index (κ1) is 8.76. The van der Waals surface area contributed by atoms with E-state index in [2.05, 4.69) is 6.07 Å². The molecule has 1 aliphatic rings. The lowest BCUT2D eigenvalue weighted by atomic mass is 9.86. The van der Waals surface area contributed by atoms with E-state index in [4.69, 9.17) is 11.6 Å². The molecule has 0 fully saturated rings. The summed E-state index contributed by atoms with van der Waals surface area (Å²) in [6, 6.07) is 5.97. The van der Waals surface area contributed by atoms with Gasteiger partial charge in [-0.05, 0) is 30.0 Å². The van der Waals surface area contributed by atoms with E-state index in [0.717, 1.165) is 12.0 Å². The van der Waals surface area contributed by atoms with E-state index >= 15 is 0 Å². The fraction of sp³-hybridized carbons (Fsp3) is 0.364. The number of carbonyl (C=O) groups is 1. The zero-order valence-electron chi connectivity index (χ0n) is 7.35. The van der Waals surface area contributed by atoms with E-state index in [-0.39, 0.29) is 5.78 Å². The van der Waals surface area contributed by atoms with E-state index in [1.54, 1.807) is 0 Å². The summed E-state index contributed by atoms with van der Waals surface area (Å²) in [5, 5.41) is 0. The molecule has 0 amide bonds. The zero-order chi connectivity index (χ0) is 9.26. The molecular weight excluding hydrogens is 184 g/mol. The van der Waals surface area contributed by atoms with Crippen molar-refractivity contribution < 1.29 is 4.79 Å². The third kappa shape index (κ3) is 1.61. The van der Waals surface area contributed by atoms with Crippen LogP contribution in [0, 0.1) is 0 Å². The highest BCUT2D eigenvalue weighted by atomic mass is 35.5. The molecule has 0 aromatic heterocycles. The molecule has 0 heterocycles. The Hall–Kier alpha value is -0.820. The van der Waals surface area contributed by atoms with Gasteiger partial charge in [-0.1, -0.05) is 12.1 Å². The van der Waals surface area contributed by atoms with Gasteiger partial charge in [0.05, 0.1) is 0 Å². The van der Waals surface area contributed by atoms with E-state index in [1.165, 1.54) is 17.5 Å². The first-order chi connectivity index (χ1) is 6.31. The molecule has 0 saturated heterocycles. The fourth-order valence-corrected chi connectivity index (χ4v) is 1.77. The van der Waals surface area contributed by atoms with Crippen molar-refractivity contribution in [2.24, 2.45) is 0 Å². The van der Waals surface area contributed by atoms with Gasteiger partial charge in [-0.25, -0.2) is 0 Å². The number of hydrogen-bond acceptors (Lipinski definition) is 1. The highest BCUT2D eigenvalue weighted by Gasteiger charge is 2.14. The van der Waals surface area contributed by atoms with Crippen molar-refractivity contribution in [2.45, 2.75) is 19.3 Å². The molecule has 1 nitrogen and oxygen atoms in total. The van der Waals surface area contributed by atoms with Crippen molar-refractivity contribution >= 4 is 17.4 Å². The average Bonchev–Trinajstić information content (AvgIpc) is 2.07.